The van der Waals surface area contributed by atoms with Gasteiger partial charge in [-0.15, -0.1) is 0 Å². The maximum Gasteiger partial charge on any atom is 0.252 e. The van der Waals surface area contributed by atoms with Gasteiger partial charge in [0, 0.05) is 17.0 Å². The third-order valence-electron chi connectivity index (χ3n) is 4.39. The average Bonchev–Trinajstić information content (AvgIpc) is 2.66. The Hall–Kier alpha value is -3.73. The number of hydrogen-bond acceptors (Lipinski definition) is 4. The molecule has 8 heteroatoms. The van der Waals surface area contributed by atoms with Gasteiger partial charge < -0.3 is 15.8 Å². The van der Waals surface area contributed by atoms with Crippen LogP contribution >= 0.6 is 0 Å². The number of phenolic OH excluding ortho intramolecular Hbond substituents is 1. The maximum absolute atomic E-state index is 12.6. The van der Waals surface area contributed by atoms with Crippen LogP contribution in [-0.4, -0.2) is 16.0 Å². The molecule has 4 N–H and O–H groups in total. The van der Waals surface area contributed by atoms with E-state index >= 15 is 0 Å². The van der Waals surface area contributed by atoms with Crippen molar-refractivity contribution in [3.05, 3.63) is 74.6 Å². The van der Waals surface area contributed by atoms with Crippen molar-refractivity contribution in [2.24, 2.45) is 5.73 Å². The lowest BCUT2D eigenvalue weighted by molar-refractivity contribution is -0.117. The number of rotatable bonds is 3. The van der Waals surface area contributed by atoms with Crippen molar-refractivity contribution >= 4 is 16.8 Å². The number of aromatic amines is 1. The van der Waals surface area contributed by atoms with Crippen LogP contribution in [0.25, 0.3) is 10.9 Å². The Balaban J connectivity index is 0.000000253. The molecular weight excluding hydrogens is 380 g/mol. The molecular formula is C21H19F2N3O3. The molecule has 0 unspecified atom stereocenters. The number of primary amides is 1. The van der Waals surface area contributed by atoms with E-state index in [4.69, 9.17) is 11.0 Å². The van der Waals surface area contributed by atoms with Gasteiger partial charge in [-0.3, -0.25) is 9.59 Å². The fourth-order valence-corrected chi connectivity index (χ4v) is 2.91. The number of amides is 1. The molecule has 0 radical (unpaired) electrons. The number of H-pyrrole nitrogens is 1. The van der Waals surface area contributed by atoms with Crippen molar-refractivity contribution in [2.75, 3.05) is 0 Å². The van der Waals surface area contributed by atoms with Gasteiger partial charge in [-0.05, 0) is 42.7 Å². The van der Waals surface area contributed by atoms with Gasteiger partial charge in [0.15, 0.2) is 0 Å². The van der Waals surface area contributed by atoms with Gasteiger partial charge >= 0.3 is 0 Å². The number of benzene rings is 2. The van der Waals surface area contributed by atoms with Crippen LogP contribution in [-0.2, 0) is 17.6 Å². The molecule has 29 heavy (non-hydrogen) atoms. The van der Waals surface area contributed by atoms with E-state index in [0.29, 0.717) is 28.5 Å². The number of nitrogens with zero attached hydrogens (tertiary/aromatic N) is 1. The lowest BCUT2D eigenvalue weighted by Crippen LogP contribution is -2.22. The molecule has 0 saturated carbocycles. The molecule has 0 aliphatic rings. The molecule has 0 fully saturated rings. The second kappa shape index (κ2) is 8.97. The van der Waals surface area contributed by atoms with Gasteiger partial charge in [0.1, 0.15) is 29.0 Å². The number of aromatic nitrogens is 1. The van der Waals surface area contributed by atoms with E-state index in [1.807, 2.05) is 13.0 Å². The highest BCUT2D eigenvalue weighted by Crippen LogP contribution is 2.28. The van der Waals surface area contributed by atoms with Crippen LogP contribution in [0, 0.1) is 29.9 Å². The summed E-state index contributed by atoms with van der Waals surface area (Å²) in [4.78, 5) is 25.4. The number of carbonyl (C=O) groups excluding carboxylic acids is 1. The van der Waals surface area contributed by atoms with E-state index < -0.39 is 23.1 Å². The van der Waals surface area contributed by atoms with E-state index in [9.17, 15) is 23.5 Å². The Morgan fingerprint density at radius 1 is 1.28 bits per heavy atom. The van der Waals surface area contributed by atoms with Gasteiger partial charge in [0.25, 0.3) is 5.56 Å². The van der Waals surface area contributed by atoms with E-state index in [-0.39, 0.29) is 23.3 Å². The monoisotopic (exact) mass is 399 g/mol. The summed E-state index contributed by atoms with van der Waals surface area (Å²) in [5, 5.41) is 19.2. The molecule has 0 aliphatic heterocycles. The van der Waals surface area contributed by atoms with Gasteiger partial charge in [-0.1, -0.05) is 13.0 Å². The Labute approximate surface area is 165 Å². The van der Waals surface area contributed by atoms with Crippen LogP contribution in [0.1, 0.15) is 29.2 Å². The molecule has 1 amide bonds. The molecule has 0 bridgehead atoms. The summed E-state index contributed by atoms with van der Waals surface area (Å²) in [6, 6.07) is 8.37. The third-order valence-corrected chi connectivity index (χ3v) is 4.39. The summed E-state index contributed by atoms with van der Waals surface area (Å²) in [6.45, 7) is 3.45. The third kappa shape index (κ3) is 4.76. The number of phenols is 1. The zero-order chi connectivity index (χ0) is 21.7. The first kappa shape index (κ1) is 21.6. The zero-order valence-electron chi connectivity index (χ0n) is 15.8. The quantitative estimate of drug-likeness (QED) is 0.627. The van der Waals surface area contributed by atoms with Crippen molar-refractivity contribution < 1.29 is 18.7 Å². The summed E-state index contributed by atoms with van der Waals surface area (Å²) in [7, 11) is 0. The van der Waals surface area contributed by atoms with E-state index in [2.05, 4.69) is 4.98 Å². The van der Waals surface area contributed by atoms with Crippen molar-refractivity contribution in [2.45, 2.75) is 26.7 Å². The molecule has 2 aromatic carbocycles. The number of nitriles is 1. The first-order valence-corrected chi connectivity index (χ1v) is 8.69. The average molecular weight is 399 g/mol. The second-order valence-corrected chi connectivity index (χ2v) is 6.28. The fraction of sp³-hybridized carbons (Fsp3) is 0.190. The molecule has 3 rings (SSSR count). The Morgan fingerprint density at radius 3 is 2.52 bits per heavy atom. The van der Waals surface area contributed by atoms with Gasteiger partial charge in [0.2, 0.25) is 5.91 Å². The number of halogens is 2. The van der Waals surface area contributed by atoms with Gasteiger partial charge in [-0.2, -0.15) is 5.26 Å². The van der Waals surface area contributed by atoms with Crippen LogP contribution in [0.15, 0.2) is 35.1 Å². The lowest BCUT2D eigenvalue weighted by Gasteiger charge is -2.09. The largest absolute Gasteiger partial charge is 0.507 e. The highest BCUT2D eigenvalue weighted by molar-refractivity contribution is 5.91. The Morgan fingerprint density at radius 2 is 1.97 bits per heavy atom. The predicted molar refractivity (Wildman–Crippen MR) is 104 cm³/mol. The second-order valence-electron chi connectivity index (χ2n) is 6.28. The molecule has 0 spiro atoms. The van der Waals surface area contributed by atoms with Crippen LogP contribution in [0.2, 0.25) is 0 Å². The van der Waals surface area contributed by atoms with Crippen LogP contribution in [0.4, 0.5) is 8.78 Å². The van der Waals surface area contributed by atoms with E-state index in [1.54, 1.807) is 6.92 Å². The Kier molecular flexibility index (Phi) is 6.67. The topological polar surface area (TPSA) is 120 Å². The van der Waals surface area contributed by atoms with E-state index in [1.165, 1.54) is 24.3 Å². The molecule has 0 saturated heterocycles. The predicted octanol–water partition coefficient (Wildman–Crippen LogP) is 2.97. The smallest absolute Gasteiger partial charge is 0.252 e. The number of fused-ring (bicyclic) bond motifs is 1. The number of aryl methyl sites for hydroxylation is 2. The minimum atomic E-state index is -0.633. The van der Waals surface area contributed by atoms with Gasteiger partial charge in [0.05, 0.1) is 11.9 Å². The number of hydrogen-bond donors (Lipinski definition) is 3. The fourth-order valence-electron chi connectivity index (χ4n) is 2.91. The SMILES string of the molecule is CCc1ccc(F)cc1F.Cc1c(CC(N)=O)c(=O)[nH]c2ccc(O)c(C#N)c12. The highest BCUT2D eigenvalue weighted by atomic mass is 19.1. The lowest BCUT2D eigenvalue weighted by atomic mass is 9.98. The highest BCUT2D eigenvalue weighted by Gasteiger charge is 2.16. The number of pyridine rings is 1. The summed E-state index contributed by atoms with van der Waals surface area (Å²) in [5.74, 6) is -1.78. The number of nitrogens with two attached hydrogens (primary N) is 1. The van der Waals surface area contributed by atoms with E-state index in [0.717, 1.165) is 6.07 Å². The molecule has 3 aromatic rings. The normalized spacial score (nSPS) is 10.2. The van der Waals surface area contributed by atoms with Crippen molar-refractivity contribution in [1.29, 1.82) is 5.26 Å². The molecule has 6 nitrogen and oxygen atoms in total. The molecule has 150 valence electrons. The summed E-state index contributed by atoms with van der Waals surface area (Å²) < 4.78 is 24.9. The molecule has 0 atom stereocenters. The molecule has 1 aromatic heterocycles. The van der Waals surface area contributed by atoms with Crippen molar-refractivity contribution in [3.8, 4) is 11.8 Å². The van der Waals surface area contributed by atoms with Gasteiger partial charge in [-0.25, -0.2) is 8.78 Å². The van der Waals surface area contributed by atoms with Crippen molar-refractivity contribution in [3.63, 3.8) is 0 Å². The minimum absolute atomic E-state index is 0.0666. The summed E-state index contributed by atoms with van der Waals surface area (Å²) >= 11 is 0. The van der Waals surface area contributed by atoms with Crippen LogP contribution < -0.4 is 11.3 Å². The first-order chi connectivity index (χ1) is 13.7. The summed E-state index contributed by atoms with van der Waals surface area (Å²) in [5.41, 5.74) is 6.43. The van der Waals surface area contributed by atoms with Crippen molar-refractivity contribution in [1.82, 2.24) is 4.98 Å². The number of nitrogens with one attached hydrogen (secondary N) is 1. The van der Waals surface area contributed by atoms with Crippen LogP contribution in [0.3, 0.4) is 0 Å². The summed E-state index contributed by atoms with van der Waals surface area (Å²) in [6.07, 6.45) is 0.393. The molecule has 0 aliphatic carbocycles. The Bertz CT molecular complexity index is 1180. The minimum Gasteiger partial charge on any atom is -0.507 e. The maximum atomic E-state index is 12.6. The zero-order valence-corrected chi connectivity index (χ0v) is 15.8. The molecule has 1 heterocycles. The standard InChI is InChI=1S/C13H11N3O3.C8H8F2/c1-6-7(4-11(15)18)13(19)16-9-2-3-10(17)8(5-14)12(6)9;1-2-6-3-4-7(9)5-8(6)10/h2-3,17H,4H2,1H3,(H2,15,18)(H,16,19);3-5H,2H2,1H3. The first-order valence-electron chi connectivity index (χ1n) is 8.69. The number of carbonyl (C=O) groups is 1. The van der Waals surface area contributed by atoms with Crippen LogP contribution in [0.5, 0.6) is 5.75 Å². The number of aromatic hydroxyl groups is 1.